The first-order chi connectivity index (χ1) is 13.1. The number of hydrogen-bond donors (Lipinski definition) is 1. The lowest BCUT2D eigenvalue weighted by Gasteiger charge is -2.39. The number of carbonyl (C=O) groups excluding carboxylic acids is 1. The minimum Gasteiger partial charge on any atom is -0.334 e. The molecule has 5 rings (SSSR count). The predicted molar refractivity (Wildman–Crippen MR) is 95.5 cm³/mol. The highest BCUT2D eigenvalue weighted by molar-refractivity contribution is 7.89. The average molecular weight is 405 g/mol. The fourth-order valence-electron chi connectivity index (χ4n) is 3.99. The zero-order chi connectivity index (χ0) is 18.6. The number of nitrogens with one attached hydrogen (secondary N) is 1. The number of amides is 1. The normalized spacial score (nSPS) is 23.2. The van der Waals surface area contributed by atoms with Crippen LogP contribution >= 0.6 is 11.7 Å². The number of H-pyrrole nitrogens is 1. The van der Waals surface area contributed by atoms with Gasteiger partial charge in [0.1, 0.15) is 15.9 Å². The molecule has 0 spiro atoms. The molecule has 1 amide bonds. The lowest BCUT2D eigenvalue weighted by Crippen LogP contribution is -2.57. The predicted octanol–water partition coefficient (Wildman–Crippen LogP) is 0.487. The Kier molecular flexibility index (Phi) is 3.74. The smallest absolute Gasteiger partial charge is 0.276 e. The van der Waals surface area contributed by atoms with Gasteiger partial charge in [0, 0.05) is 25.2 Å². The quantitative estimate of drug-likeness (QED) is 0.672. The summed E-state index contributed by atoms with van der Waals surface area (Å²) >= 11 is 0.998. The zero-order valence-electron chi connectivity index (χ0n) is 14.0. The molecule has 2 fully saturated rings. The molecule has 1 aromatic carbocycles. The van der Waals surface area contributed by atoms with Crippen LogP contribution in [0.4, 0.5) is 0 Å². The molecule has 2 aromatic heterocycles. The molecule has 0 aliphatic carbocycles. The van der Waals surface area contributed by atoms with Gasteiger partial charge < -0.3 is 4.90 Å². The summed E-state index contributed by atoms with van der Waals surface area (Å²) in [5.74, 6) is -0.233. The Hall–Kier alpha value is -2.44. The van der Waals surface area contributed by atoms with Gasteiger partial charge in [-0.2, -0.15) is 28.5 Å². The molecular formula is C15H15N7O3S2. The van der Waals surface area contributed by atoms with Crippen molar-refractivity contribution in [1.29, 1.82) is 0 Å². The number of hydrogen-bond acceptors (Lipinski definition) is 8. The van der Waals surface area contributed by atoms with E-state index in [0.29, 0.717) is 24.1 Å². The van der Waals surface area contributed by atoms with Crippen LogP contribution in [0.15, 0.2) is 29.3 Å². The lowest BCUT2D eigenvalue weighted by atomic mass is 10.2. The SMILES string of the molecule is O=C(c1cn[nH]n1)N1CC2CCC(C1)N2S(=O)(=O)c1cccc2nsnc12. The number of sulfonamides is 1. The van der Waals surface area contributed by atoms with Crippen molar-refractivity contribution < 1.29 is 13.2 Å². The minimum atomic E-state index is -3.73. The molecule has 0 saturated carbocycles. The van der Waals surface area contributed by atoms with E-state index < -0.39 is 10.0 Å². The number of fused-ring (bicyclic) bond motifs is 3. The van der Waals surface area contributed by atoms with E-state index in [1.807, 2.05) is 0 Å². The van der Waals surface area contributed by atoms with E-state index in [-0.39, 0.29) is 28.6 Å². The Morgan fingerprint density at radius 3 is 2.67 bits per heavy atom. The van der Waals surface area contributed by atoms with Crippen molar-refractivity contribution in [2.45, 2.75) is 29.8 Å². The molecule has 12 heteroatoms. The van der Waals surface area contributed by atoms with Crippen LogP contribution in [0.1, 0.15) is 23.3 Å². The van der Waals surface area contributed by atoms with Crippen molar-refractivity contribution in [1.82, 2.24) is 33.4 Å². The summed E-state index contributed by atoms with van der Waals surface area (Å²) < 4.78 is 36.7. The molecule has 2 aliphatic rings. The summed E-state index contributed by atoms with van der Waals surface area (Å²) in [6.45, 7) is 0.680. The lowest BCUT2D eigenvalue weighted by molar-refractivity contribution is 0.0609. The van der Waals surface area contributed by atoms with Gasteiger partial charge in [-0.1, -0.05) is 6.07 Å². The van der Waals surface area contributed by atoms with Crippen LogP contribution in [-0.2, 0) is 10.0 Å². The molecule has 140 valence electrons. The van der Waals surface area contributed by atoms with Gasteiger partial charge in [-0.3, -0.25) is 4.79 Å². The first-order valence-electron chi connectivity index (χ1n) is 8.45. The van der Waals surface area contributed by atoms with E-state index in [1.165, 1.54) is 6.20 Å². The second-order valence-electron chi connectivity index (χ2n) is 6.67. The summed E-state index contributed by atoms with van der Waals surface area (Å²) in [6.07, 6.45) is 2.82. The molecule has 1 N–H and O–H groups in total. The summed E-state index contributed by atoms with van der Waals surface area (Å²) in [5, 5.41) is 9.93. The monoisotopic (exact) mass is 405 g/mol. The van der Waals surface area contributed by atoms with Crippen LogP contribution in [0.3, 0.4) is 0 Å². The first kappa shape index (κ1) is 16.7. The highest BCUT2D eigenvalue weighted by Gasteiger charge is 2.48. The Bertz CT molecular complexity index is 1100. The van der Waals surface area contributed by atoms with Gasteiger partial charge in [0.25, 0.3) is 5.91 Å². The number of nitrogens with zero attached hydrogens (tertiary/aromatic N) is 6. The Balaban J connectivity index is 1.47. The molecule has 2 atom stereocenters. The van der Waals surface area contributed by atoms with Gasteiger partial charge in [-0.25, -0.2) is 8.42 Å². The molecule has 2 saturated heterocycles. The average Bonchev–Trinajstić information content (AvgIpc) is 3.40. The summed E-state index contributed by atoms with van der Waals surface area (Å²) in [7, 11) is -3.73. The van der Waals surface area contributed by atoms with Crippen LogP contribution in [-0.4, -0.2) is 72.9 Å². The molecule has 10 nitrogen and oxygen atoms in total. The van der Waals surface area contributed by atoms with Crippen LogP contribution in [0.25, 0.3) is 11.0 Å². The number of carbonyl (C=O) groups is 1. The molecule has 27 heavy (non-hydrogen) atoms. The fourth-order valence-corrected chi connectivity index (χ4v) is 6.60. The number of aromatic amines is 1. The van der Waals surface area contributed by atoms with Crippen molar-refractivity contribution in [3.05, 3.63) is 30.1 Å². The number of benzene rings is 1. The molecule has 3 aromatic rings. The maximum atomic E-state index is 13.4. The third-order valence-electron chi connectivity index (χ3n) is 5.14. The van der Waals surface area contributed by atoms with E-state index in [1.54, 1.807) is 27.4 Å². The molecular weight excluding hydrogens is 390 g/mol. The van der Waals surface area contributed by atoms with E-state index in [4.69, 9.17) is 0 Å². The molecule has 0 radical (unpaired) electrons. The molecule has 2 aliphatic heterocycles. The van der Waals surface area contributed by atoms with Crippen LogP contribution < -0.4 is 0 Å². The van der Waals surface area contributed by atoms with Crippen LogP contribution in [0, 0.1) is 0 Å². The largest absolute Gasteiger partial charge is 0.334 e. The van der Waals surface area contributed by atoms with Crippen LogP contribution in [0.5, 0.6) is 0 Å². The second kappa shape index (κ2) is 6.04. The van der Waals surface area contributed by atoms with Crippen molar-refractivity contribution in [3.8, 4) is 0 Å². The maximum Gasteiger partial charge on any atom is 0.276 e. The van der Waals surface area contributed by atoms with Crippen molar-refractivity contribution in [3.63, 3.8) is 0 Å². The van der Waals surface area contributed by atoms with Gasteiger partial charge in [0.2, 0.25) is 10.0 Å². The van der Waals surface area contributed by atoms with Crippen LogP contribution in [0.2, 0.25) is 0 Å². The Morgan fingerprint density at radius 2 is 1.96 bits per heavy atom. The topological polar surface area (TPSA) is 125 Å². The minimum absolute atomic E-state index is 0.182. The summed E-state index contributed by atoms with van der Waals surface area (Å²) in [4.78, 5) is 14.4. The van der Waals surface area contributed by atoms with Gasteiger partial charge >= 0.3 is 0 Å². The van der Waals surface area contributed by atoms with Crippen molar-refractivity contribution >= 4 is 38.7 Å². The van der Waals surface area contributed by atoms with E-state index in [2.05, 4.69) is 24.2 Å². The van der Waals surface area contributed by atoms with Gasteiger partial charge in [-0.15, -0.1) is 0 Å². The highest BCUT2D eigenvalue weighted by Crippen LogP contribution is 2.37. The molecule has 2 bridgehead atoms. The van der Waals surface area contributed by atoms with Crippen molar-refractivity contribution in [2.24, 2.45) is 0 Å². The molecule has 2 unspecified atom stereocenters. The number of piperazine rings is 1. The third-order valence-corrected chi connectivity index (χ3v) is 7.72. The fraction of sp³-hybridized carbons (Fsp3) is 0.400. The summed E-state index contributed by atoms with van der Waals surface area (Å²) in [6, 6.07) is 4.49. The van der Waals surface area contributed by atoms with E-state index >= 15 is 0 Å². The van der Waals surface area contributed by atoms with Gasteiger partial charge in [0.05, 0.1) is 17.9 Å². The number of likely N-dealkylation sites (tertiary alicyclic amines) is 1. The van der Waals surface area contributed by atoms with Crippen molar-refractivity contribution in [2.75, 3.05) is 13.1 Å². The maximum absolute atomic E-state index is 13.4. The second-order valence-corrected chi connectivity index (χ2v) is 9.01. The van der Waals surface area contributed by atoms with Gasteiger partial charge in [0.15, 0.2) is 5.69 Å². The molecule has 4 heterocycles. The number of rotatable bonds is 3. The summed E-state index contributed by atoms with van der Waals surface area (Å²) in [5.41, 5.74) is 1.22. The van der Waals surface area contributed by atoms with E-state index in [0.717, 1.165) is 24.6 Å². The van der Waals surface area contributed by atoms with Gasteiger partial charge in [-0.05, 0) is 25.0 Å². The highest BCUT2D eigenvalue weighted by atomic mass is 32.2. The Morgan fingerprint density at radius 1 is 1.19 bits per heavy atom. The zero-order valence-corrected chi connectivity index (χ0v) is 15.7. The Labute approximate surface area is 158 Å². The van der Waals surface area contributed by atoms with E-state index in [9.17, 15) is 13.2 Å². The number of aromatic nitrogens is 5. The standard InChI is InChI=1S/C15H15N7O3S2/c23-15(12-6-16-20-17-12)21-7-9-4-5-10(8-21)22(9)27(24,25)13-3-1-2-11-14(13)19-26-18-11/h1-3,6,9-10H,4-5,7-8H2,(H,16,17,20). The third kappa shape index (κ3) is 2.55. The first-order valence-corrected chi connectivity index (χ1v) is 10.6.